The molecule has 0 spiro atoms. The first-order chi connectivity index (χ1) is 9.47. The van der Waals surface area contributed by atoms with Gasteiger partial charge in [-0.2, -0.15) is 0 Å². The molecule has 5 nitrogen and oxygen atoms in total. The molecule has 0 radical (unpaired) electrons. The molecular formula is C15H21NO4. The standard InChI is InChI=1S/C15H21NO4/c1-3-4-6-12-7-5-8-13(14(12)16(19)20)10-9-11(2)15(17)18/h5,7-8,11H,3-4,6,9-10H2,1-2H3,(H,17,18). The molecule has 1 unspecified atom stereocenters. The number of nitrogens with zero attached hydrogens (tertiary/aromatic N) is 1. The van der Waals surface area contributed by atoms with E-state index in [4.69, 9.17) is 5.11 Å². The Hall–Kier alpha value is -1.91. The van der Waals surface area contributed by atoms with E-state index in [1.807, 2.05) is 13.0 Å². The second-order valence-corrected chi connectivity index (χ2v) is 5.06. The maximum Gasteiger partial charge on any atom is 0.306 e. The van der Waals surface area contributed by atoms with E-state index < -0.39 is 11.9 Å². The number of aryl methyl sites for hydroxylation is 2. The molecular weight excluding hydrogens is 258 g/mol. The third-order valence-corrected chi connectivity index (χ3v) is 3.45. The first-order valence-electron chi connectivity index (χ1n) is 6.95. The fourth-order valence-corrected chi connectivity index (χ4v) is 2.15. The highest BCUT2D eigenvalue weighted by atomic mass is 16.6. The maximum absolute atomic E-state index is 11.3. The van der Waals surface area contributed by atoms with Crippen molar-refractivity contribution in [3.63, 3.8) is 0 Å². The third-order valence-electron chi connectivity index (χ3n) is 3.45. The molecule has 0 aromatic heterocycles. The van der Waals surface area contributed by atoms with E-state index in [1.165, 1.54) is 0 Å². The minimum absolute atomic E-state index is 0.165. The minimum atomic E-state index is -0.866. The highest BCUT2D eigenvalue weighted by molar-refractivity contribution is 5.69. The van der Waals surface area contributed by atoms with Crippen LogP contribution < -0.4 is 0 Å². The fourth-order valence-electron chi connectivity index (χ4n) is 2.15. The predicted octanol–water partition coefficient (Wildman–Crippen LogP) is 3.59. The summed E-state index contributed by atoms with van der Waals surface area (Å²) in [6.45, 7) is 3.67. The summed E-state index contributed by atoms with van der Waals surface area (Å²) in [6.07, 6.45) is 3.42. The van der Waals surface area contributed by atoms with Crippen LogP contribution in [0, 0.1) is 16.0 Å². The van der Waals surface area contributed by atoms with Crippen molar-refractivity contribution in [3.8, 4) is 0 Å². The number of rotatable bonds is 8. The SMILES string of the molecule is CCCCc1cccc(CCC(C)C(=O)O)c1[N+](=O)[O-]. The Morgan fingerprint density at radius 3 is 2.45 bits per heavy atom. The number of carboxylic acid groups (broad SMARTS) is 1. The zero-order valence-electron chi connectivity index (χ0n) is 12.0. The van der Waals surface area contributed by atoms with Gasteiger partial charge in [-0.25, -0.2) is 0 Å². The van der Waals surface area contributed by atoms with Crippen LogP contribution in [0.15, 0.2) is 18.2 Å². The van der Waals surface area contributed by atoms with Gasteiger partial charge in [0, 0.05) is 11.1 Å². The lowest BCUT2D eigenvalue weighted by Crippen LogP contribution is -2.11. The summed E-state index contributed by atoms with van der Waals surface area (Å²) in [5.41, 5.74) is 1.55. The lowest BCUT2D eigenvalue weighted by molar-refractivity contribution is -0.386. The highest BCUT2D eigenvalue weighted by Gasteiger charge is 2.20. The Morgan fingerprint density at radius 2 is 1.95 bits per heavy atom. The van der Waals surface area contributed by atoms with Gasteiger partial charge in [0.2, 0.25) is 0 Å². The van der Waals surface area contributed by atoms with E-state index in [9.17, 15) is 14.9 Å². The summed E-state index contributed by atoms with van der Waals surface area (Å²) in [5, 5.41) is 20.1. The lowest BCUT2D eigenvalue weighted by Gasteiger charge is -2.09. The van der Waals surface area contributed by atoms with Gasteiger partial charge in [0.25, 0.3) is 5.69 Å². The molecule has 0 heterocycles. The monoisotopic (exact) mass is 279 g/mol. The quantitative estimate of drug-likeness (QED) is 0.582. The molecule has 20 heavy (non-hydrogen) atoms. The van der Waals surface area contributed by atoms with Crippen molar-refractivity contribution in [2.45, 2.75) is 46.0 Å². The van der Waals surface area contributed by atoms with Gasteiger partial charge in [-0.1, -0.05) is 38.5 Å². The van der Waals surface area contributed by atoms with Crippen molar-refractivity contribution < 1.29 is 14.8 Å². The van der Waals surface area contributed by atoms with E-state index in [-0.39, 0.29) is 10.6 Å². The third kappa shape index (κ3) is 4.33. The van der Waals surface area contributed by atoms with Crippen LogP contribution in [-0.2, 0) is 17.6 Å². The molecule has 0 saturated carbocycles. The van der Waals surface area contributed by atoms with Crippen molar-refractivity contribution in [2.24, 2.45) is 5.92 Å². The van der Waals surface area contributed by atoms with Crippen LogP contribution in [0.1, 0.15) is 44.2 Å². The van der Waals surface area contributed by atoms with Gasteiger partial charge in [0.15, 0.2) is 0 Å². The number of unbranched alkanes of at least 4 members (excludes halogenated alkanes) is 1. The number of hydrogen-bond donors (Lipinski definition) is 1. The minimum Gasteiger partial charge on any atom is -0.481 e. The average Bonchev–Trinajstić information content (AvgIpc) is 2.41. The molecule has 0 saturated heterocycles. The van der Waals surface area contributed by atoms with Crippen LogP contribution in [0.3, 0.4) is 0 Å². The molecule has 5 heteroatoms. The molecule has 1 aromatic carbocycles. The average molecular weight is 279 g/mol. The first kappa shape index (κ1) is 16.1. The number of carbonyl (C=O) groups is 1. The zero-order chi connectivity index (χ0) is 15.1. The number of para-hydroxylation sites is 1. The Morgan fingerprint density at radius 1 is 1.35 bits per heavy atom. The summed E-state index contributed by atoms with van der Waals surface area (Å²) in [6, 6.07) is 5.33. The Labute approximate surface area is 118 Å². The maximum atomic E-state index is 11.3. The van der Waals surface area contributed by atoms with Crippen LogP contribution in [0.2, 0.25) is 0 Å². The van der Waals surface area contributed by atoms with Gasteiger partial charge < -0.3 is 5.11 Å². The van der Waals surface area contributed by atoms with Gasteiger partial charge in [0.1, 0.15) is 0 Å². The largest absolute Gasteiger partial charge is 0.481 e. The summed E-state index contributed by atoms with van der Waals surface area (Å²) in [7, 11) is 0. The number of aliphatic carboxylic acids is 1. The molecule has 1 aromatic rings. The molecule has 1 rings (SSSR count). The smallest absolute Gasteiger partial charge is 0.306 e. The summed E-state index contributed by atoms with van der Waals surface area (Å²) in [5.74, 6) is -1.36. The van der Waals surface area contributed by atoms with E-state index in [0.717, 1.165) is 18.4 Å². The predicted molar refractivity (Wildman–Crippen MR) is 76.8 cm³/mol. The summed E-state index contributed by atoms with van der Waals surface area (Å²) >= 11 is 0. The molecule has 0 aliphatic heterocycles. The van der Waals surface area contributed by atoms with Crippen molar-refractivity contribution in [2.75, 3.05) is 0 Å². The number of nitro benzene ring substituents is 1. The molecule has 1 atom stereocenters. The normalized spacial score (nSPS) is 12.1. The second kappa shape index (κ2) is 7.62. The molecule has 0 amide bonds. The van der Waals surface area contributed by atoms with Gasteiger partial charge in [-0.15, -0.1) is 0 Å². The van der Waals surface area contributed by atoms with E-state index >= 15 is 0 Å². The van der Waals surface area contributed by atoms with Crippen LogP contribution >= 0.6 is 0 Å². The molecule has 0 aliphatic rings. The number of hydrogen-bond acceptors (Lipinski definition) is 3. The van der Waals surface area contributed by atoms with Crippen molar-refractivity contribution >= 4 is 11.7 Å². The highest BCUT2D eigenvalue weighted by Crippen LogP contribution is 2.27. The number of carboxylic acids is 1. The summed E-state index contributed by atoms with van der Waals surface area (Å²) in [4.78, 5) is 21.7. The molecule has 110 valence electrons. The van der Waals surface area contributed by atoms with Crippen LogP contribution in [0.25, 0.3) is 0 Å². The topological polar surface area (TPSA) is 80.4 Å². The van der Waals surface area contributed by atoms with E-state index in [2.05, 4.69) is 0 Å². The lowest BCUT2D eigenvalue weighted by atomic mass is 9.96. The van der Waals surface area contributed by atoms with Gasteiger partial charge in [0.05, 0.1) is 10.8 Å². The number of benzene rings is 1. The zero-order valence-corrected chi connectivity index (χ0v) is 12.0. The molecule has 1 N–H and O–H groups in total. The van der Waals surface area contributed by atoms with E-state index in [1.54, 1.807) is 19.1 Å². The summed E-state index contributed by atoms with van der Waals surface area (Å²) < 4.78 is 0. The Bertz CT molecular complexity index is 485. The molecule has 0 bridgehead atoms. The number of nitro groups is 1. The van der Waals surface area contributed by atoms with Crippen molar-refractivity contribution in [3.05, 3.63) is 39.4 Å². The van der Waals surface area contributed by atoms with Crippen LogP contribution in [-0.4, -0.2) is 16.0 Å². The van der Waals surface area contributed by atoms with Crippen LogP contribution in [0.4, 0.5) is 5.69 Å². The molecule has 0 aliphatic carbocycles. The second-order valence-electron chi connectivity index (χ2n) is 5.06. The Kier molecular flexibility index (Phi) is 6.15. The van der Waals surface area contributed by atoms with Crippen molar-refractivity contribution in [1.29, 1.82) is 0 Å². The molecule has 0 fully saturated rings. The van der Waals surface area contributed by atoms with Gasteiger partial charge >= 0.3 is 5.97 Å². The van der Waals surface area contributed by atoms with Crippen LogP contribution in [0.5, 0.6) is 0 Å². The fraction of sp³-hybridized carbons (Fsp3) is 0.533. The van der Waals surface area contributed by atoms with Gasteiger partial charge in [-0.05, 0) is 25.7 Å². The van der Waals surface area contributed by atoms with E-state index in [0.29, 0.717) is 24.8 Å². The first-order valence-corrected chi connectivity index (χ1v) is 6.95. The van der Waals surface area contributed by atoms with Gasteiger partial charge in [-0.3, -0.25) is 14.9 Å². The van der Waals surface area contributed by atoms with Crippen molar-refractivity contribution in [1.82, 2.24) is 0 Å². The Balaban J connectivity index is 2.94.